The van der Waals surface area contributed by atoms with Crippen LogP contribution in [0.25, 0.3) is 22.3 Å². The molecule has 3 aromatic heterocycles. The lowest BCUT2D eigenvalue weighted by molar-refractivity contribution is 0.0735. The lowest BCUT2D eigenvalue weighted by atomic mass is 9.92. The maximum atomic E-state index is 13.4. The van der Waals surface area contributed by atoms with E-state index in [0.717, 1.165) is 64.8 Å². The van der Waals surface area contributed by atoms with Gasteiger partial charge in [-0.15, -0.1) is 0 Å². The highest BCUT2D eigenvalue weighted by atomic mass is 16.3. The maximum absolute atomic E-state index is 13.4. The molecule has 1 N–H and O–H groups in total. The lowest BCUT2D eigenvalue weighted by Gasteiger charge is -2.29. The Bertz CT molecular complexity index is 1370. The summed E-state index contributed by atoms with van der Waals surface area (Å²) in [4.78, 5) is 22.7. The van der Waals surface area contributed by atoms with Gasteiger partial charge in [-0.3, -0.25) is 19.0 Å². The highest BCUT2D eigenvalue weighted by molar-refractivity contribution is 5.83. The van der Waals surface area contributed by atoms with E-state index in [1.165, 1.54) is 0 Å². The fraction of sp³-hybridized carbons (Fsp3) is 0.385. The number of rotatable bonds is 4. The van der Waals surface area contributed by atoms with Crippen molar-refractivity contribution in [1.29, 1.82) is 0 Å². The largest absolute Gasteiger partial charge is 0.391 e. The van der Waals surface area contributed by atoms with Gasteiger partial charge in [0.15, 0.2) is 0 Å². The first-order chi connectivity index (χ1) is 15.9. The molecule has 7 nitrogen and oxygen atoms in total. The Kier molecular flexibility index (Phi) is 5.58. The predicted octanol–water partition coefficient (Wildman–Crippen LogP) is 3.88. The first-order valence-electron chi connectivity index (χ1n) is 11.6. The number of benzene rings is 1. The van der Waals surface area contributed by atoms with Crippen LogP contribution >= 0.6 is 0 Å². The second-order valence-electron chi connectivity index (χ2n) is 9.16. The Morgan fingerprint density at radius 1 is 1.06 bits per heavy atom. The van der Waals surface area contributed by atoms with E-state index in [1.54, 1.807) is 15.6 Å². The van der Waals surface area contributed by atoms with Crippen molar-refractivity contribution in [3.8, 4) is 11.4 Å². The number of hydrogen-bond donors (Lipinski definition) is 1. The van der Waals surface area contributed by atoms with Crippen molar-refractivity contribution in [3.63, 3.8) is 0 Å². The molecule has 0 radical (unpaired) electrons. The van der Waals surface area contributed by atoms with Gasteiger partial charge in [0, 0.05) is 19.4 Å². The number of aromatic nitrogens is 5. The Morgan fingerprint density at radius 3 is 2.58 bits per heavy atom. The van der Waals surface area contributed by atoms with E-state index >= 15 is 0 Å². The average Bonchev–Trinajstić information content (AvgIpc) is 3.25. The quantitative estimate of drug-likeness (QED) is 0.517. The highest BCUT2D eigenvalue weighted by Crippen LogP contribution is 2.29. The van der Waals surface area contributed by atoms with Crippen molar-refractivity contribution in [1.82, 2.24) is 24.3 Å². The van der Waals surface area contributed by atoms with Crippen molar-refractivity contribution >= 4 is 10.9 Å². The Hall–Kier alpha value is -3.32. The number of hydrogen-bond acceptors (Lipinski definition) is 5. The minimum Gasteiger partial charge on any atom is -0.391 e. The smallest absolute Gasteiger partial charge is 0.261 e. The van der Waals surface area contributed by atoms with Crippen molar-refractivity contribution in [2.24, 2.45) is 7.05 Å². The first-order valence-corrected chi connectivity index (χ1v) is 11.6. The molecular weight excluding hydrogens is 414 g/mol. The van der Waals surface area contributed by atoms with E-state index in [9.17, 15) is 9.90 Å². The van der Waals surface area contributed by atoms with E-state index in [-0.39, 0.29) is 11.6 Å². The third-order valence-electron chi connectivity index (χ3n) is 7.00. The molecule has 1 aliphatic carbocycles. The molecule has 0 bridgehead atoms. The monoisotopic (exact) mass is 443 g/mol. The average molecular weight is 444 g/mol. The molecule has 0 saturated heterocycles. The molecular formula is C26H29N5O2. The summed E-state index contributed by atoms with van der Waals surface area (Å²) in [5.41, 5.74) is 6.68. The minimum absolute atomic E-state index is 0.0704. The summed E-state index contributed by atoms with van der Waals surface area (Å²) in [5.74, 6) is 0. The number of aliphatic hydroxyl groups is 1. The molecule has 1 fully saturated rings. The first kappa shape index (κ1) is 21.5. The summed E-state index contributed by atoms with van der Waals surface area (Å²) >= 11 is 0. The number of pyridine rings is 1. The SMILES string of the molecule is Cc1c(Cc2ccc(-c3ccn(C)n3)nc2)cc2c(=O)n([C@H]3CCCC[C@@H]3O)cnc2c1C. The van der Waals surface area contributed by atoms with Crippen LogP contribution < -0.4 is 5.56 Å². The molecule has 1 aliphatic rings. The standard InChI is InChI=1S/C26H29N5O2/c1-16-17(2)25-20(26(33)31(15-28-25)23-6-4-5-7-24(23)32)13-19(16)12-18-8-9-21(27-14-18)22-10-11-30(3)29-22/h8-11,13-15,23-24,32H,4-7,12H2,1-3H3/t23-,24-/m0/s1. The summed E-state index contributed by atoms with van der Waals surface area (Å²) in [6.07, 6.45) is 9.14. The fourth-order valence-corrected chi connectivity index (χ4v) is 4.90. The van der Waals surface area contributed by atoms with Gasteiger partial charge in [0.05, 0.1) is 35.1 Å². The van der Waals surface area contributed by atoms with Crippen molar-refractivity contribution in [2.75, 3.05) is 0 Å². The van der Waals surface area contributed by atoms with E-state index in [2.05, 4.69) is 28.1 Å². The molecule has 0 unspecified atom stereocenters. The molecule has 1 aromatic carbocycles. The van der Waals surface area contributed by atoms with E-state index in [0.29, 0.717) is 11.8 Å². The summed E-state index contributed by atoms with van der Waals surface area (Å²) in [7, 11) is 1.89. The second-order valence-corrected chi connectivity index (χ2v) is 9.16. The van der Waals surface area contributed by atoms with Gasteiger partial charge in [0.2, 0.25) is 0 Å². The van der Waals surface area contributed by atoms with Crippen LogP contribution in [0.2, 0.25) is 0 Å². The molecule has 0 spiro atoms. The predicted molar refractivity (Wildman–Crippen MR) is 128 cm³/mol. The molecule has 2 atom stereocenters. The number of aryl methyl sites for hydroxylation is 2. The van der Waals surface area contributed by atoms with Gasteiger partial charge in [-0.25, -0.2) is 4.98 Å². The molecule has 170 valence electrons. The molecule has 0 aliphatic heterocycles. The van der Waals surface area contributed by atoms with E-state index < -0.39 is 6.10 Å². The molecule has 1 saturated carbocycles. The number of aliphatic hydroxyl groups excluding tert-OH is 1. The van der Waals surface area contributed by atoms with Crippen LogP contribution in [0.4, 0.5) is 0 Å². The Labute approximate surface area is 192 Å². The van der Waals surface area contributed by atoms with Gasteiger partial charge in [-0.05, 0) is 73.6 Å². The van der Waals surface area contributed by atoms with Gasteiger partial charge >= 0.3 is 0 Å². The normalized spacial score (nSPS) is 18.7. The second kappa shape index (κ2) is 8.56. The molecule has 5 rings (SSSR count). The van der Waals surface area contributed by atoms with Crippen LogP contribution in [-0.2, 0) is 13.5 Å². The third-order valence-corrected chi connectivity index (χ3v) is 7.00. The summed E-state index contributed by atoms with van der Waals surface area (Å²) in [6.45, 7) is 4.10. The van der Waals surface area contributed by atoms with Gasteiger partial charge in [0.1, 0.15) is 5.69 Å². The molecule has 3 heterocycles. The fourth-order valence-electron chi connectivity index (χ4n) is 4.90. The van der Waals surface area contributed by atoms with Crippen LogP contribution in [0.15, 0.2) is 47.8 Å². The third kappa shape index (κ3) is 3.97. The van der Waals surface area contributed by atoms with Crippen LogP contribution in [-0.4, -0.2) is 35.5 Å². The molecule has 0 amide bonds. The zero-order valence-electron chi connectivity index (χ0n) is 19.3. The molecule has 33 heavy (non-hydrogen) atoms. The summed E-state index contributed by atoms with van der Waals surface area (Å²) in [5, 5.41) is 15.5. The Morgan fingerprint density at radius 2 is 1.88 bits per heavy atom. The molecule has 4 aromatic rings. The summed E-state index contributed by atoms with van der Waals surface area (Å²) in [6, 6.07) is 7.78. The van der Waals surface area contributed by atoms with Crippen LogP contribution in [0.1, 0.15) is 54.0 Å². The van der Waals surface area contributed by atoms with E-state index in [4.69, 9.17) is 0 Å². The van der Waals surface area contributed by atoms with Crippen molar-refractivity contribution in [2.45, 2.75) is 58.1 Å². The number of nitrogens with zero attached hydrogens (tertiary/aromatic N) is 5. The maximum Gasteiger partial charge on any atom is 0.261 e. The highest BCUT2D eigenvalue weighted by Gasteiger charge is 2.26. The van der Waals surface area contributed by atoms with Crippen LogP contribution in [0, 0.1) is 13.8 Å². The van der Waals surface area contributed by atoms with E-state index in [1.807, 2.05) is 44.6 Å². The summed E-state index contributed by atoms with van der Waals surface area (Å²) < 4.78 is 3.41. The zero-order chi connectivity index (χ0) is 23.1. The topological polar surface area (TPSA) is 85.8 Å². The van der Waals surface area contributed by atoms with Crippen LogP contribution in [0.5, 0.6) is 0 Å². The van der Waals surface area contributed by atoms with Gasteiger partial charge in [0.25, 0.3) is 5.56 Å². The van der Waals surface area contributed by atoms with Crippen molar-refractivity contribution < 1.29 is 5.11 Å². The molecule has 7 heteroatoms. The van der Waals surface area contributed by atoms with Gasteiger partial charge < -0.3 is 5.11 Å². The zero-order valence-corrected chi connectivity index (χ0v) is 19.3. The van der Waals surface area contributed by atoms with Crippen LogP contribution in [0.3, 0.4) is 0 Å². The van der Waals surface area contributed by atoms with Gasteiger partial charge in [-0.2, -0.15) is 5.10 Å². The van der Waals surface area contributed by atoms with Gasteiger partial charge in [-0.1, -0.05) is 18.9 Å². The minimum atomic E-state index is -0.495. The Balaban J connectivity index is 1.51. The number of fused-ring (bicyclic) bond motifs is 1. The lowest BCUT2D eigenvalue weighted by Crippen LogP contribution is -2.34. The van der Waals surface area contributed by atoms with Crippen molar-refractivity contribution in [3.05, 3.63) is 75.6 Å².